The number of carbonyl (C=O) groups excluding carboxylic acids is 1. The summed E-state index contributed by atoms with van der Waals surface area (Å²) in [6, 6.07) is 3.60. The first-order valence-corrected chi connectivity index (χ1v) is 5.93. The minimum Gasteiger partial charge on any atom is -0.384 e. The Bertz CT molecular complexity index is 474. The zero-order valence-electron chi connectivity index (χ0n) is 11.0. The summed E-state index contributed by atoms with van der Waals surface area (Å²) in [6.07, 6.45) is 2.45. The second kappa shape index (κ2) is 6.77. The van der Waals surface area contributed by atoms with Crippen LogP contribution >= 0.6 is 0 Å². The van der Waals surface area contributed by atoms with Crippen LogP contribution in [0.25, 0.3) is 0 Å². The van der Waals surface area contributed by atoms with Crippen LogP contribution in [0.4, 0.5) is 0 Å². The lowest BCUT2D eigenvalue weighted by Gasteiger charge is -2.23. The van der Waals surface area contributed by atoms with Crippen molar-refractivity contribution in [3.8, 4) is 11.8 Å². The zero-order chi connectivity index (χ0) is 13.5. The van der Waals surface area contributed by atoms with Gasteiger partial charge in [0.15, 0.2) is 0 Å². The van der Waals surface area contributed by atoms with Crippen molar-refractivity contribution in [3.05, 3.63) is 29.6 Å². The number of aliphatic hydroxyl groups is 1. The molecule has 1 unspecified atom stereocenters. The summed E-state index contributed by atoms with van der Waals surface area (Å²) in [6.45, 7) is 3.78. The Morgan fingerprint density at radius 1 is 1.61 bits per heavy atom. The Kier molecular flexibility index (Phi) is 5.34. The average molecular weight is 246 g/mol. The molecule has 96 valence electrons. The molecule has 0 bridgehead atoms. The molecule has 1 amide bonds. The normalized spacial score (nSPS) is 11.3. The predicted molar refractivity (Wildman–Crippen MR) is 70.0 cm³/mol. The molecule has 0 saturated heterocycles. The standard InChI is InChI=1S/C14H18N2O2/c1-4-11(2)16(3)14(18)13-12(8-6-10-17)7-5-9-15-13/h5,7,9,11,17H,4,10H2,1-3H3. The summed E-state index contributed by atoms with van der Waals surface area (Å²) in [7, 11) is 1.76. The number of hydrogen-bond acceptors (Lipinski definition) is 3. The number of aliphatic hydroxyl groups excluding tert-OH is 1. The molecule has 0 aliphatic rings. The summed E-state index contributed by atoms with van der Waals surface area (Å²) in [4.78, 5) is 18.0. The summed E-state index contributed by atoms with van der Waals surface area (Å²) >= 11 is 0. The minimum absolute atomic E-state index is 0.146. The van der Waals surface area contributed by atoms with Crippen molar-refractivity contribution in [1.82, 2.24) is 9.88 Å². The van der Waals surface area contributed by atoms with Gasteiger partial charge < -0.3 is 10.0 Å². The summed E-state index contributed by atoms with van der Waals surface area (Å²) in [5.74, 6) is 5.14. The van der Waals surface area contributed by atoms with E-state index in [-0.39, 0.29) is 18.6 Å². The molecule has 1 rings (SSSR count). The number of amides is 1. The van der Waals surface area contributed by atoms with E-state index in [1.807, 2.05) is 13.8 Å². The fraction of sp³-hybridized carbons (Fsp3) is 0.429. The van der Waals surface area contributed by atoms with Gasteiger partial charge in [0, 0.05) is 19.3 Å². The number of rotatable bonds is 3. The van der Waals surface area contributed by atoms with Crippen molar-refractivity contribution < 1.29 is 9.90 Å². The topological polar surface area (TPSA) is 53.4 Å². The molecule has 0 fully saturated rings. The molecule has 0 saturated carbocycles. The molecule has 1 aromatic heterocycles. The molecule has 18 heavy (non-hydrogen) atoms. The average Bonchev–Trinajstić information content (AvgIpc) is 2.42. The summed E-state index contributed by atoms with van der Waals surface area (Å²) in [5, 5.41) is 8.70. The van der Waals surface area contributed by atoms with E-state index in [2.05, 4.69) is 16.8 Å². The van der Waals surface area contributed by atoms with E-state index >= 15 is 0 Å². The Morgan fingerprint density at radius 2 is 2.33 bits per heavy atom. The fourth-order valence-corrected chi connectivity index (χ4v) is 1.45. The van der Waals surface area contributed by atoms with Crippen LogP contribution in [0.15, 0.2) is 18.3 Å². The predicted octanol–water partition coefficient (Wildman–Crippen LogP) is 1.30. The van der Waals surface area contributed by atoms with E-state index in [1.165, 1.54) is 0 Å². The van der Waals surface area contributed by atoms with Gasteiger partial charge in [-0.2, -0.15) is 0 Å². The van der Waals surface area contributed by atoms with E-state index in [0.717, 1.165) is 6.42 Å². The molecule has 0 spiro atoms. The summed E-state index contributed by atoms with van der Waals surface area (Å²) in [5.41, 5.74) is 0.882. The first-order valence-electron chi connectivity index (χ1n) is 5.93. The SMILES string of the molecule is CCC(C)N(C)C(=O)c1ncccc1C#CCO. The highest BCUT2D eigenvalue weighted by Crippen LogP contribution is 2.10. The molecule has 0 radical (unpaired) electrons. The largest absolute Gasteiger partial charge is 0.384 e. The molecule has 4 heteroatoms. The lowest BCUT2D eigenvalue weighted by molar-refractivity contribution is 0.0734. The van der Waals surface area contributed by atoms with E-state index in [4.69, 9.17) is 5.11 Å². The van der Waals surface area contributed by atoms with Crippen LogP contribution < -0.4 is 0 Å². The Labute approximate surface area is 108 Å². The molecule has 1 N–H and O–H groups in total. The maximum atomic E-state index is 12.3. The van der Waals surface area contributed by atoms with Gasteiger partial charge in [0.1, 0.15) is 12.3 Å². The highest BCUT2D eigenvalue weighted by molar-refractivity contribution is 5.94. The molecular formula is C14H18N2O2. The molecular weight excluding hydrogens is 228 g/mol. The second-order valence-corrected chi connectivity index (χ2v) is 4.03. The van der Waals surface area contributed by atoms with E-state index in [0.29, 0.717) is 11.3 Å². The van der Waals surface area contributed by atoms with E-state index in [1.54, 1.807) is 30.3 Å². The third-order valence-corrected chi connectivity index (χ3v) is 2.88. The highest BCUT2D eigenvalue weighted by Gasteiger charge is 2.19. The van der Waals surface area contributed by atoms with Crippen LogP contribution in [0.5, 0.6) is 0 Å². The summed E-state index contributed by atoms with van der Waals surface area (Å²) < 4.78 is 0. The van der Waals surface area contributed by atoms with Crippen molar-refractivity contribution in [2.75, 3.05) is 13.7 Å². The number of pyridine rings is 1. The van der Waals surface area contributed by atoms with Gasteiger partial charge in [-0.25, -0.2) is 4.98 Å². The number of aromatic nitrogens is 1. The van der Waals surface area contributed by atoms with Gasteiger partial charge in [0.25, 0.3) is 5.91 Å². The first kappa shape index (κ1) is 14.2. The quantitative estimate of drug-likeness (QED) is 0.818. The lowest BCUT2D eigenvalue weighted by atomic mass is 10.1. The van der Waals surface area contributed by atoms with Crippen molar-refractivity contribution >= 4 is 5.91 Å². The van der Waals surface area contributed by atoms with Crippen LogP contribution in [0.2, 0.25) is 0 Å². The van der Waals surface area contributed by atoms with E-state index in [9.17, 15) is 4.79 Å². The van der Waals surface area contributed by atoms with Crippen LogP contribution in [-0.4, -0.2) is 40.6 Å². The number of carbonyl (C=O) groups is 1. The molecule has 0 aliphatic carbocycles. The van der Waals surface area contributed by atoms with Gasteiger partial charge in [-0.05, 0) is 25.5 Å². The maximum absolute atomic E-state index is 12.3. The van der Waals surface area contributed by atoms with E-state index < -0.39 is 0 Å². The third-order valence-electron chi connectivity index (χ3n) is 2.88. The lowest BCUT2D eigenvalue weighted by Crippen LogP contribution is -2.35. The molecule has 1 heterocycles. The molecule has 0 aliphatic heterocycles. The Hall–Kier alpha value is -1.86. The highest BCUT2D eigenvalue weighted by atomic mass is 16.2. The molecule has 0 aromatic carbocycles. The van der Waals surface area contributed by atoms with Gasteiger partial charge >= 0.3 is 0 Å². The van der Waals surface area contributed by atoms with Gasteiger partial charge in [-0.1, -0.05) is 18.8 Å². The van der Waals surface area contributed by atoms with Crippen molar-refractivity contribution in [1.29, 1.82) is 0 Å². The van der Waals surface area contributed by atoms with Crippen molar-refractivity contribution in [2.45, 2.75) is 26.3 Å². The smallest absolute Gasteiger partial charge is 0.273 e. The van der Waals surface area contributed by atoms with Gasteiger partial charge in [0.05, 0.1) is 5.56 Å². The second-order valence-electron chi connectivity index (χ2n) is 4.03. The van der Waals surface area contributed by atoms with Crippen LogP contribution in [-0.2, 0) is 0 Å². The van der Waals surface area contributed by atoms with Crippen LogP contribution in [0, 0.1) is 11.8 Å². The Morgan fingerprint density at radius 3 is 2.94 bits per heavy atom. The monoisotopic (exact) mass is 246 g/mol. The fourth-order valence-electron chi connectivity index (χ4n) is 1.45. The number of hydrogen-bond donors (Lipinski definition) is 1. The van der Waals surface area contributed by atoms with Gasteiger partial charge in [-0.15, -0.1) is 0 Å². The maximum Gasteiger partial charge on any atom is 0.273 e. The minimum atomic E-state index is -0.232. The third kappa shape index (κ3) is 3.31. The Balaban J connectivity index is 3.05. The zero-order valence-corrected chi connectivity index (χ0v) is 11.0. The van der Waals surface area contributed by atoms with Crippen molar-refractivity contribution in [2.24, 2.45) is 0 Å². The van der Waals surface area contributed by atoms with Crippen LogP contribution in [0.1, 0.15) is 36.3 Å². The first-order chi connectivity index (χ1) is 8.61. The molecule has 1 aromatic rings. The van der Waals surface area contributed by atoms with Crippen LogP contribution in [0.3, 0.4) is 0 Å². The van der Waals surface area contributed by atoms with Gasteiger partial charge in [0.2, 0.25) is 0 Å². The van der Waals surface area contributed by atoms with Gasteiger partial charge in [-0.3, -0.25) is 4.79 Å². The molecule has 1 atom stereocenters. The number of nitrogens with zero attached hydrogens (tertiary/aromatic N) is 2. The molecule has 4 nitrogen and oxygen atoms in total. The van der Waals surface area contributed by atoms with Crippen molar-refractivity contribution in [3.63, 3.8) is 0 Å².